The molecule has 6 rings (SSSR count). The van der Waals surface area contributed by atoms with Crippen molar-refractivity contribution in [3.05, 3.63) is 17.5 Å². The molecule has 0 aliphatic heterocycles. The molecule has 5 aliphatic carbocycles. The lowest BCUT2D eigenvalue weighted by molar-refractivity contribution is -0.141. The SMILES string of the molecule is OCC1(NCc2cnc(NC34CC5CC(CC(C5)C3)C4)nc2C(F)(F)F)CCCC1. The highest BCUT2D eigenvalue weighted by Gasteiger charge is 2.51. The van der Waals surface area contributed by atoms with Gasteiger partial charge in [-0.05, 0) is 69.1 Å². The van der Waals surface area contributed by atoms with Crippen molar-refractivity contribution < 1.29 is 18.3 Å². The Hall–Kier alpha value is -1.41. The van der Waals surface area contributed by atoms with Crippen LogP contribution in [0.25, 0.3) is 0 Å². The van der Waals surface area contributed by atoms with Gasteiger partial charge in [-0.3, -0.25) is 0 Å². The predicted molar refractivity (Wildman–Crippen MR) is 107 cm³/mol. The molecule has 8 heteroatoms. The average Bonchev–Trinajstić information content (AvgIpc) is 3.14. The lowest BCUT2D eigenvalue weighted by atomic mass is 9.53. The maximum atomic E-state index is 13.8. The van der Waals surface area contributed by atoms with Gasteiger partial charge in [0.05, 0.1) is 6.61 Å². The summed E-state index contributed by atoms with van der Waals surface area (Å²) in [5.74, 6) is 2.17. The number of hydrogen-bond acceptors (Lipinski definition) is 5. The first-order valence-electron chi connectivity index (χ1n) is 11.4. The molecule has 4 bridgehead atoms. The van der Waals surface area contributed by atoms with Gasteiger partial charge in [0.25, 0.3) is 0 Å². The Morgan fingerprint density at radius 2 is 1.63 bits per heavy atom. The third-order valence-corrected chi connectivity index (χ3v) is 8.07. The molecule has 0 atom stereocenters. The summed E-state index contributed by atoms with van der Waals surface area (Å²) in [5, 5.41) is 16.3. The fraction of sp³-hybridized carbons (Fsp3) is 0.818. The molecule has 1 aromatic rings. The number of rotatable bonds is 6. The number of nitrogens with zero attached hydrogens (tertiary/aromatic N) is 2. The number of alkyl halides is 3. The summed E-state index contributed by atoms with van der Waals surface area (Å²) in [6, 6.07) is 0. The van der Waals surface area contributed by atoms with E-state index in [1.807, 2.05) is 0 Å². The van der Waals surface area contributed by atoms with Crippen LogP contribution in [-0.2, 0) is 12.7 Å². The fourth-order valence-corrected chi connectivity index (χ4v) is 7.07. The summed E-state index contributed by atoms with van der Waals surface area (Å²) in [6.45, 7) is -0.0616. The summed E-state index contributed by atoms with van der Waals surface area (Å²) in [7, 11) is 0. The highest BCUT2D eigenvalue weighted by molar-refractivity contribution is 5.36. The van der Waals surface area contributed by atoms with E-state index in [9.17, 15) is 18.3 Å². The molecule has 0 spiro atoms. The maximum absolute atomic E-state index is 13.8. The van der Waals surface area contributed by atoms with Crippen molar-refractivity contribution in [1.29, 1.82) is 0 Å². The molecule has 30 heavy (non-hydrogen) atoms. The topological polar surface area (TPSA) is 70.1 Å². The second-order valence-electron chi connectivity index (χ2n) is 10.4. The Bertz CT molecular complexity index is 756. The second-order valence-corrected chi connectivity index (χ2v) is 10.4. The van der Waals surface area contributed by atoms with Crippen LogP contribution in [0.5, 0.6) is 0 Å². The first-order chi connectivity index (χ1) is 14.3. The van der Waals surface area contributed by atoms with Gasteiger partial charge in [-0.25, -0.2) is 9.97 Å². The minimum atomic E-state index is -4.54. The van der Waals surface area contributed by atoms with Gasteiger partial charge < -0.3 is 15.7 Å². The Balaban J connectivity index is 1.36. The van der Waals surface area contributed by atoms with E-state index >= 15 is 0 Å². The molecule has 3 N–H and O–H groups in total. The zero-order valence-electron chi connectivity index (χ0n) is 17.3. The molecule has 5 aliphatic rings. The van der Waals surface area contributed by atoms with E-state index in [-0.39, 0.29) is 30.2 Å². The molecule has 0 saturated heterocycles. The van der Waals surface area contributed by atoms with Crippen LogP contribution in [0.15, 0.2) is 6.20 Å². The van der Waals surface area contributed by atoms with Gasteiger partial charge in [0, 0.05) is 29.4 Å². The van der Waals surface area contributed by atoms with Crippen molar-refractivity contribution in [2.24, 2.45) is 17.8 Å². The van der Waals surface area contributed by atoms with Crippen LogP contribution in [0.4, 0.5) is 19.1 Å². The Morgan fingerprint density at radius 1 is 1.03 bits per heavy atom. The molecule has 0 radical (unpaired) electrons. The van der Waals surface area contributed by atoms with E-state index in [4.69, 9.17) is 0 Å². The number of aliphatic hydroxyl groups excluding tert-OH is 1. The van der Waals surface area contributed by atoms with Crippen LogP contribution in [0.2, 0.25) is 0 Å². The van der Waals surface area contributed by atoms with Gasteiger partial charge >= 0.3 is 6.18 Å². The van der Waals surface area contributed by atoms with Crippen LogP contribution in [-0.4, -0.2) is 32.8 Å². The normalized spacial score (nSPS) is 34.5. The zero-order valence-corrected chi connectivity index (χ0v) is 17.3. The summed E-state index contributed by atoms with van der Waals surface area (Å²) in [6.07, 6.45) is 7.14. The molecule has 0 aromatic carbocycles. The molecule has 166 valence electrons. The number of anilines is 1. The van der Waals surface area contributed by atoms with Crippen LogP contribution in [0.1, 0.15) is 75.5 Å². The first kappa shape index (κ1) is 20.5. The van der Waals surface area contributed by atoms with Crippen molar-refractivity contribution >= 4 is 5.95 Å². The largest absolute Gasteiger partial charge is 0.433 e. The van der Waals surface area contributed by atoms with Gasteiger partial charge in [0.1, 0.15) is 0 Å². The third-order valence-electron chi connectivity index (χ3n) is 8.07. The predicted octanol–water partition coefficient (Wildman–Crippen LogP) is 4.27. The lowest BCUT2D eigenvalue weighted by Crippen LogP contribution is -2.55. The molecule has 1 heterocycles. The fourth-order valence-electron chi connectivity index (χ4n) is 7.07. The molecular formula is C22H31F3N4O. The molecule has 5 saturated carbocycles. The van der Waals surface area contributed by atoms with E-state index in [1.54, 1.807) is 0 Å². The molecule has 1 aromatic heterocycles. The zero-order chi connectivity index (χ0) is 21.0. The quantitative estimate of drug-likeness (QED) is 0.636. The minimum absolute atomic E-state index is 0.00699. The second kappa shape index (κ2) is 7.33. The van der Waals surface area contributed by atoms with E-state index in [2.05, 4.69) is 20.6 Å². The van der Waals surface area contributed by atoms with Crippen molar-refractivity contribution in [2.45, 2.75) is 88.0 Å². The van der Waals surface area contributed by atoms with Gasteiger partial charge in [-0.1, -0.05) is 12.8 Å². The van der Waals surface area contributed by atoms with Crippen LogP contribution in [0.3, 0.4) is 0 Å². The van der Waals surface area contributed by atoms with Crippen molar-refractivity contribution in [1.82, 2.24) is 15.3 Å². The highest BCUT2D eigenvalue weighted by Crippen LogP contribution is 2.56. The molecule has 0 unspecified atom stereocenters. The summed E-state index contributed by atoms with van der Waals surface area (Å²) in [4.78, 5) is 8.26. The summed E-state index contributed by atoms with van der Waals surface area (Å²) < 4.78 is 41.4. The minimum Gasteiger partial charge on any atom is -0.394 e. The third kappa shape index (κ3) is 3.81. The van der Waals surface area contributed by atoms with Crippen molar-refractivity contribution in [3.8, 4) is 0 Å². The lowest BCUT2D eigenvalue weighted by Gasteiger charge is -2.56. The van der Waals surface area contributed by atoms with E-state index in [0.717, 1.165) is 44.9 Å². The standard InChI is InChI=1S/C22H31F3N4O/c23-22(24,25)18-17(12-27-20(13-30)3-1-2-4-20)11-26-19(28-18)29-21-8-14-5-15(9-21)7-16(6-14)10-21/h11,14-16,27,30H,1-10,12-13H2,(H,26,28,29). The molecule has 5 nitrogen and oxygen atoms in total. The van der Waals surface area contributed by atoms with Crippen LogP contribution >= 0.6 is 0 Å². The monoisotopic (exact) mass is 424 g/mol. The smallest absolute Gasteiger partial charge is 0.394 e. The van der Waals surface area contributed by atoms with Gasteiger partial charge in [0.15, 0.2) is 5.69 Å². The van der Waals surface area contributed by atoms with Crippen molar-refractivity contribution in [2.75, 3.05) is 11.9 Å². The van der Waals surface area contributed by atoms with Crippen molar-refractivity contribution in [3.63, 3.8) is 0 Å². The Labute approximate surface area is 175 Å². The average molecular weight is 425 g/mol. The Kier molecular flexibility index (Phi) is 5.01. The van der Waals surface area contributed by atoms with Gasteiger partial charge in [0.2, 0.25) is 5.95 Å². The van der Waals surface area contributed by atoms with E-state index < -0.39 is 17.4 Å². The van der Waals surface area contributed by atoms with Crippen LogP contribution in [0, 0.1) is 17.8 Å². The number of hydrogen-bond donors (Lipinski definition) is 3. The number of halogens is 3. The summed E-state index contributed by atoms with van der Waals surface area (Å²) in [5.41, 5.74) is -1.46. The highest BCUT2D eigenvalue weighted by atomic mass is 19.4. The van der Waals surface area contributed by atoms with Gasteiger partial charge in [-0.15, -0.1) is 0 Å². The van der Waals surface area contributed by atoms with E-state index in [1.165, 1.54) is 25.5 Å². The number of nitrogens with one attached hydrogen (secondary N) is 2. The van der Waals surface area contributed by atoms with Gasteiger partial charge in [-0.2, -0.15) is 13.2 Å². The van der Waals surface area contributed by atoms with Crippen LogP contribution < -0.4 is 10.6 Å². The summed E-state index contributed by atoms with van der Waals surface area (Å²) >= 11 is 0. The number of aromatic nitrogens is 2. The molecule has 5 fully saturated rings. The first-order valence-corrected chi connectivity index (χ1v) is 11.4. The molecule has 0 amide bonds. The van der Waals surface area contributed by atoms with E-state index in [0.29, 0.717) is 17.8 Å². The number of aliphatic hydroxyl groups is 1. The maximum Gasteiger partial charge on any atom is 0.433 e. The Morgan fingerprint density at radius 3 is 2.17 bits per heavy atom. The molecular weight excluding hydrogens is 393 g/mol.